The van der Waals surface area contributed by atoms with Crippen LogP contribution in [0.25, 0.3) is 0 Å². The first-order valence-corrected chi connectivity index (χ1v) is 6.41. The molecule has 0 unspecified atom stereocenters. The normalized spacial score (nSPS) is 24.6. The second-order valence-corrected chi connectivity index (χ2v) is 4.89. The van der Waals surface area contributed by atoms with Crippen molar-refractivity contribution in [1.29, 1.82) is 0 Å². The smallest absolute Gasteiger partial charge is 0.218 e. The summed E-state index contributed by atoms with van der Waals surface area (Å²) in [5.74, 6) is 1.11. The van der Waals surface area contributed by atoms with E-state index in [-0.39, 0.29) is 0 Å². The van der Waals surface area contributed by atoms with Crippen molar-refractivity contribution >= 4 is 5.82 Å². The lowest BCUT2D eigenvalue weighted by atomic mass is 9.84. The molecule has 0 spiro atoms. The van der Waals surface area contributed by atoms with Gasteiger partial charge in [-0.15, -0.1) is 0 Å². The first-order chi connectivity index (χ1) is 8.20. The quantitative estimate of drug-likeness (QED) is 0.757. The average Bonchev–Trinajstić information content (AvgIpc) is 2.38. The van der Waals surface area contributed by atoms with E-state index < -0.39 is 5.95 Å². The Morgan fingerprint density at radius 3 is 2.59 bits per heavy atom. The predicted octanol–water partition coefficient (Wildman–Crippen LogP) is 3.02. The highest BCUT2D eigenvalue weighted by Crippen LogP contribution is 2.30. The first-order valence-electron chi connectivity index (χ1n) is 6.41. The minimum absolute atomic E-state index is 0.455. The lowest BCUT2D eigenvalue weighted by Crippen LogP contribution is -2.35. The van der Waals surface area contributed by atoms with Crippen LogP contribution in [0.5, 0.6) is 0 Å². The van der Waals surface area contributed by atoms with Gasteiger partial charge in [-0.05, 0) is 31.6 Å². The summed E-state index contributed by atoms with van der Waals surface area (Å²) in [6.45, 7) is 2.26. The monoisotopic (exact) mass is 237 g/mol. The van der Waals surface area contributed by atoms with E-state index in [1.807, 2.05) is 7.05 Å². The Bertz CT molecular complexity index is 361. The molecule has 1 aliphatic rings. The van der Waals surface area contributed by atoms with Gasteiger partial charge < -0.3 is 4.90 Å². The summed E-state index contributed by atoms with van der Waals surface area (Å²) in [5.41, 5.74) is 0. The van der Waals surface area contributed by atoms with Gasteiger partial charge in [0.2, 0.25) is 5.95 Å². The Labute approximate surface area is 102 Å². The fourth-order valence-electron chi connectivity index (χ4n) is 2.64. The molecular weight excluding hydrogens is 217 g/mol. The summed E-state index contributed by atoms with van der Waals surface area (Å²) in [6, 6.07) is 1.90. The van der Waals surface area contributed by atoms with Crippen molar-refractivity contribution in [3.8, 4) is 0 Å². The lowest BCUT2D eigenvalue weighted by molar-refractivity contribution is 0.312. The van der Waals surface area contributed by atoms with Gasteiger partial charge >= 0.3 is 0 Å². The zero-order chi connectivity index (χ0) is 12.3. The number of anilines is 1. The fourth-order valence-corrected chi connectivity index (χ4v) is 2.64. The molecular formula is C13H20FN3. The van der Waals surface area contributed by atoms with Gasteiger partial charge in [0.25, 0.3) is 0 Å². The van der Waals surface area contributed by atoms with Gasteiger partial charge in [0, 0.05) is 19.2 Å². The van der Waals surface area contributed by atoms with E-state index in [0.29, 0.717) is 11.9 Å². The van der Waals surface area contributed by atoms with E-state index in [0.717, 1.165) is 5.92 Å². The number of halogens is 1. The van der Waals surface area contributed by atoms with Crippen molar-refractivity contribution in [3.05, 3.63) is 18.3 Å². The maximum Gasteiger partial charge on any atom is 0.218 e. The SMILES string of the molecule is CCC1CCC(N(C)c2cc(F)ncn2)CC1. The van der Waals surface area contributed by atoms with Gasteiger partial charge in [-0.3, -0.25) is 0 Å². The van der Waals surface area contributed by atoms with Gasteiger partial charge in [-0.1, -0.05) is 13.3 Å². The van der Waals surface area contributed by atoms with Crippen LogP contribution in [-0.2, 0) is 0 Å². The third-order valence-electron chi connectivity index (χ3n) is 3.92. The third kappa shape index (κ3) is 2.93. The molecule has 0 aliphatic heterocycles. The van der Waals surface area contributed by atoms with Crippen LogP contribution in [0.15, 0.2) is 12.4 Å². The zero-order valence-electron chi connectivity index (χ0n) is 10.6. The molecule has 1 aliphatic carbocycles. The molecule has 1 aromatic rings. The zero-order valence-corrected chi connectivity index (χ0v) is 10.6. The highest BCUT2D eigenvalue weighted by molar-refractivity contribution is 5.37. The van der Waals surface area contributed by atoms with Gasteiger partial charge in [0.1, 0.15) is 12.1 Å². The summed E-state index contributed by atoms with van der Waals surface area (Å²) in [4.78, 5) is 9.71. The van der Waals surface area contributed by atoms with E-state index in [4.69, 9.17) is 0 Å². The molecule has 2 rings (SSSR count). The fraction of sp³-hybridized carbons (Fsp3) is 0.692. The van der Waals surface area contributed by atoms with Crippen LogP contribution in [-0.4, -0.2) is 23.1 Å². The Morgan fingerprint density at radius 1 is 1.29 bits per heavy atom. The molecule has 0 amide bonds. The highest BCUT2D eigenvalue weighted by atomic mass is 19.1. The van der Waals surface area contributed by atoms with Crippen molar-refractivity contribution in [3.63, 3.8) is 0 Å². The highest BCUT2D eigenvalue weighted by Gasteiger charge is 2.23. The van der Waals surface area contributed by atoms with E-state index >= 15 is 0 Å². The van der Waals surface area contributed by atoms with Crippen LogP contribution >= 0.6 is 0 Å². The number of hydrogen-bond donors (Lipinski definition) is 0. The van der Waals surface area contributed by atoms with Crippen molar-refractivity contribution in [1.82, 2.24) is 9.97 Å². The van der Waals surface area contributed by atoms with E-state index in [1.165, 1.54) is 44.5 Å². The summed E-state index contributed by atoms with van der Waals surface area (Å²) < 4.78 is 13.0. The molecule has 0 aromatic carbocycles. The van der Waals surface area contributed by atoms with Crippen LogP contribution in [0, 0.1) is 11.9 Å². The number of hydrogen-bond acceptors (Lipinski definition) is 3. The molecule has 1 aromatic heterocycles. The maximum absolute atomic E-state index is 13.0. The standard InChI is InChI=1S/C13H20FN3/c1-3-10-4-6-11(7-5-10)17(2)13-8-12(14)15-9-16-13/h8-11H,3-7H2,1-2H3. The summed E-state index contributed by atoms with van der Waals surface area (Å²) in [5, 5.41) is 0. The number of rotatable bonds is 3. The average molecular weight is 237 g/mol. The number of nitrogens with zero attached hydrogens (tertiary/aromatic N) is 3. The van der Waals surface area contributed by atoms with E-state index in [2.05, 4.69) is 21.8 Å². The second kappa shape index (κ2) is 5.43. The molecule has 1 fully saturated rings. The molecule has 0 atom stereocenters. The van der Waals surface area contributed by atoms with Crippen molar-refractivity contribution in [2.24, 2.45) is 5.92 Å². The van der Waals surface area contributed by atoms with Crippen LogP contribution in [0.4, 0.5) is 10.2 Å². The van der Waals surface area contributed by atoms with Gasteiger partial charge in [0.05, 0.1) is 0 Å². The van der Waals surface area contributed by atoms with E-state index in [9.17, 15) is 4.39 Å². The van der Waals surface area contributed by atoms with E-state index in [1.54, 1.807) is 0 Å². The van der Waals surface area contributed by atoms with Gasteiger partial charge in [0.15, 0.2) is 0 Å². The first kappa shape index (κ1) is 12.3. The molecule has 0 radical (unpaired) electrons. The summed E-state index contributed by atoms with van der Waals surface area (Å²) >= 11 is 0. The third-order valence-corrected chi connectivity index (χ3v) is 3.92. The Balaban J connectivity index is 1.99. The molecule has 1 saturated carbocycles. The molecule has 1 heterocycles. The largest absolute Gasteiger partial charge is 0.357 e. The van der Waals surface area contributed by atoms with Gasteiger partial charge in [-0.25, -0.2) is 9.97 Å². The van der Waals surface area contributed by atoms with Crippen LogP contribution in [0.1, 0.15) is 39.0 Å². The molecule has 4 heteroatoms. The van der Waals surface area contributed by atoms with Gasteiger partial charge in [-0.2, -0.15) is 4.39 Å². The molecule has 0 N–H and O–H groups in total. The van der Waals surface area contributed by atoms with Crippen LogP contribution in [0.2, 0.25) is 0 Å². The van der Waals surface area contributed by atoms with Crippen LogP contribution < -0.4 is 4.90 Å². The second-order valence-electron chi connectivity index (χ2n) is 4.89. The van der Waals surface area contributed by atoms with Crippen molar-refractivity contribution in [2.75, 3.05) is 11.9 Å². The van der Waals surface area contributed by atoms with Crippen molar-refractivity contribution < 1.29 is 4.39 Å². The Hall–Kier alpha value is -1.19. The number of aromatic nitrogens is 2. The minimum atomic E-state index is -0.455. The molecule has 0 saturated heterocycles. The summed E-state index contributed by atoms with van der Waals surface area (Å²) in [7, 11) is 2.00. The molecule has 3 nitrogen and oxygen atoms in total. The Morgan fingerprint density at radius 2 is 2.00 bits per heavy atom. The maximum atomic E-state index is 13.0. The lowest BCUT2D eigenvalue weighted by Gasteiger charge is -2.35. The topological polar surface area (TPSA) is 29.0 Å². The predicted molar refractivity (Wildman–Crippen MR) is 66.4 cm³/mol. The molecule has 0 bridgehead atoms. The molecule has 17 heavy (non-hydrogen) atoms. The molecule has 94 valence electrons. The van der Waals surface area contributed by atoms with Crippen LogP contribution in [0.3, 0.4) is 0 Å². The Kier molecular flexibility index (Phi) is 3.92. The summed E-state index contributed by atoms with van der Waals surface area (Å²) in [6.07, 6.45) is 7.48. The minimum Gasteiger partial charge on any atom is -0.357 e. The van der Waals surface area contributed by atoms with Crippen molar-refractivity contribution in [2.45, 2.75) is 45.1 Å².